The Morgan fingerprint density at radius 3 is 2.22 bits per heavy atom. The summed E-state index contributed by atoms with van der Waals surface area (Å²) in [5.41, 5.74) is 6.28. The van der Waals surface area contributed by atoms with Gasteiger partial charge in [0.1, 0.15) is 18.7 Å². The van der Waals surface area contributed by atoms with Gasteiger partial charge in [0, 0.05) is 18.1 Å². The topological polar surface area (TPSA) is 200 Å². The van der Waals surface area contributed by atoms with Crippen molar-refractivity contribution in [1.82, 2.24) is 10.6 Å². The lowest BCUT2D eigenvalue weighted by molar-refractivity contribution is -0.384. The van der Waals surface area contributed by atoms with Crippen LogP contribution in [-0.2, 0) is 30.5 Å². The lowest BCUT2D eigenvalue weighted by Gasteiger charge is -2.27. The van der Waals surface area contributed by atoms with Crippen LogP contribution in [0.5, 0.6) is 0 Å². The van der Waals surface area contributed by atoms with Gasteiger partial charge in [0.2, 0.25) is 11.8 Å². The van der Waals surface area contributed by atoms with Crippen LogP contribution in [-0.4, -0.2) is 59.2 Å². The number of hydrogen-bond donors (Lipinski definition) is 4. The summed E-state index contributed by atoms with van der Waals surface area (Å²) in [4.78, 5) is 59.9. The van der Waals surface area contributed by atoms with Gasteiger partial charge in [-0.1, -0.05) is 42.5 Å². The number of primary amides is 1. The third-order valence-electron chi connectivity index (χ3n) is 5.23. The highest BCUT2D eigenvalue weighted by Gasteiger charge is 2.34. The zero-order chi connectivity index (χ0) is 27.4. The first-order chi connectivity index (χ1) is 17.7. The van der Waals surface area contributed by atoms with Gasteiger partial charge in [0.25, 0.3) is 5.69 Å². The molecule has 0 aliphatic heterocycles. The number of non-ortho nitro benzene ring substituents is 1. The van der Waals surface area contributed by atoms with E-state index in [1.165, 1.54) is 24.3 Å². The van der Waals surface area contributed by atoms with Crippen LogP contribution in [0.3, 0.4) is 0 Å². The Labute approximate surface area is 212 Å². The Hall–Kier alpha value is -4.52. The average molecular weight is 517 g/mol. The van der Waals surface area contributed by atoms with Gasteiger partial charge in [0.05, 0.1) is 24.6 Å². The molecule has 2 aromatic rings. The van der Waals surface area contributed by atoms with Crippen molar-refractivity contribution in [1.29, 1.82) is 0 Å². The molecule has 0 aliphatic rings. The molecule has 2 aromatic carbocycles. The van der Waals surface area contributed by atoms with E-state index in [0.717, 1.165) is 0 Å². The third kappa shape index (κ3) is 8.89. The van der Waals surface area contributed by atoms with Crippen molar-refractivity contribution in [3.63, 3.8) is 0 Å². The number of aliphatic hydroxyl groups excluding tert-OH is 1. The van der Waals surface area contributed by atoms with Crippen LogP contribution in [0.15, 0.2) is 54.6 Å². The van der Waals surface area contributed by atoms with Gasteiger partial charge in [-0.3, -0.25) is 24.5 Å². The van der Waals surface area contributed by atoms with E-state index in [-0.39, 0.29) is 18.9 Å². The first-order valence-electron chi connectivity index (χ1n) is 11.2. The van der Waals surface area contributed by atoms with E-state index >= 15 is 0 Å². The van der Waals surface area contributed by atoms with Crippen molar-refractivity contribution in [3.05, 3.63) is 75.8 Å². The minimum absolute atomic E-state index is 0.0566. The SMILES string of the molecule is CCOC(=O)C[C@@H](c1ccc([N+](=O)[O-])cc1)[C@@H](NC(=O)[C@H](CO)NC(=O)OCc1ccccc1)C(N)=O. The Morgan fingerprint density at radius 1 is 1.03 bits per heavy atom. The highest BCUT2D eigenvalue weighted by Crippen LogP contribution is 2.26. The van der Waals surface area contributed by atoms with Crippen molar-refractivity contribution >= 4 is 29.6 Å². The number of amides is 3. The number of esters is 1. The maximum absolute atomic E-state index is 12.8. The summed E-state index contributed by atoms with van der Waals surface area (Å²) >= 11 is 0. The van der Waals surface area contributed by atoms with Crippen molar-refractivity contribution in [2.45, 2.75) is 38.0 Å². The summed E-state index contributed by atoms with van der Waals surface area (Å²) in [5.74, 6) is -3.76. The van der Waals surface area contributed by atoms with E-state index in [2.05, 4.69) is 10.6 Å². The van der Waals surface area contributed by atoms with Crippen molar-refractivity contribution < 1.29 is 38.7 Å². The normalized spacial score (nSPS) is 12.9. The van der Waals surface area contributed by atoms with Crippen LogP contribution in [0, 0.1) is 10.1 Å². The van der Waals surface area contributed by atoms with Gasteiger partial charge in [-0.15, -0.1) is 0 Å². The molecule has 0 saturated carbocycles. The minimum atomic E-state index is -1.51. The maximum Gasteiger partial charge on any atom is 0.408 e. The summed E-state index contributed by atoms with van der Waals surface area (Å²) in [7, 11) is 0. The molecule has 5 N–H and O–H groups in total. The Morgan fingerprint density at radius 2 is 1.68 bits per heavy atom. The molecule has 13 nitrogen and oxygen atoms in total. The molecule has 3 atom stereocenters. The fourth-order valence-corrected chi connectivity index (χ4v) is 3.40. The predicted octanol–water partition coefficient (Wildman–Crippen LogP) is 0.889. The standard InChI is InChI=1S/C24H28N4O9/c1-2-36-20(30)12-18(16-8-10-17(11-9-16)28(34)35)21(22(25)31)27-23(32)19(13-29)26-24(33)37-14-15-6-4-3-5-7-15/h3-11,18-19,21,29H,2,12-14H2,1H3,(H2,25,31)(H,26,33)(H,27,32)/t18-,19-,21+/m0/s1. The summed E-state index contributed by atoms with van der Waals surface area (Å²) in [6, 6.07) is 10.7. The summed E-state index contributed by atoms with van der Waals surface area (Å²) in [5, 5.41) is 25.2. The molecule has 0 fully saturated rings. The molecule has 2 rings (SSSR count). The molecule has 0 spiro atoms. The Balaban J connectivity index is 2.18. The van der Waals surface area contributed by atoms with E-state index in [9.17, 15) is 34.4 Å². The Bertz CT molecular complexity index is 1090. The number of nitro benzene ring substituents is 1. The van der Waals surface area contributed by atoms with Crippen LogP contribution in [0.2, 0.25) is 0 Å². The lowest BCUT2D eigenvalue weighted by atomic mass is 9.87. The molecule has 0 unspecified atom stereocenters. The van der Waals surface area contributed by atoms with Crippen molar-refractivity contribution in [3.8, 4) is 0 Å². The monoisotopic (exact) mass is 516 g/mol. The number of alkyl carbamates (subject to hydrolysis) is 1. The van der Waals surface area contributed by atoms with Gasteiger partial charge in [-0.25, -0.2) is 4.79 Å². The lowest BCUT2D eigenvalue weighted by Crippen LogP contribution is -2.56. The molecule has 0 radical (unpaired) electrons. The van der Waals surface area contributed by atoms with E-state index in [0.29, 0.717) is 11.1 Å². The number of nitrogens with zero attached hydrogens (tertiary/aromatic N) is 1. The maximum atomic E-state index is 12.8. The summed E-state index contributed by atoms with van der Waals surface area (Å²) in [6.07, 6.45) is -1.39. The molecule has 0 aromatic heterocycles. The number of carbonyl (C=O) groups excluding carboxylic acids is 4. The average Bonchev–Trinajstić information content (AvgIpc) is 2.88. The molecular formula is C24H28N4O9. The zero-order valence-corrected chi connectivity index (χ0v) is 20.0. The van der Waals surface area contributed by atoms with E-state index < -0.39 is 59.8 Å². The highest BCUT2D eigenvalue weighted by atomic mass is 16.6. The molecule has 198 valence electrons. The largest absolute Gasteiger partial charge is 0.466 e. The second-order valence-corrected chi connectivity index (χ2v) is 7.79. The number of aliphatic hydroxyl groups is 1. The smallest absolute Gasteiger partial charge is 0.408 e. The number of hydrogen-bond acceptors (Lipinski definition) is 9. The van der Waals surface area contributed by atoms with Gasteiger partial charge >= 0.3 is 12.1 Å². The number of carbonyl (C=O) groups is 4. The number of nitro groups is 1. The first-order valence-corrected chi connectivity index (χ1v) is 11.2. The molecule has 3 amide bonds. The molecule has 13 heteroatoms. The third-order valence-corrected chi connectivity index (χ3v) is 5.23. The molecule has 0 saturated heterocycles. The van der Waals surface area contributed by atoms with Gasteiger partial charge in [-0.2, -0.15) is 0 Å². The van der Waals surface area contributed by atoms with E-state index in [1.807, 2.05) is 0 Å². The van der Waals surface area contributed by atoms with Gasteiger partial charge in [0.15, 0.2) is 0 Å². The number of nitrogens with two attached hydrogens (primary N) is 1. The van der Waals surface area contributed by atoms with Crippen LogP contribution in [0.25, 0.3) is 0 Å². The number of ether oxygens (including phenoxy) is 2. The minimum Gasteiger partial charge on any atom is -0.466 e. The van der Waals surface area contributed by atoms with Crippen molar-refractivity contribution in [2.75, 3.05) is 13.2 Å². The zero-order valence-electron chi connectivity index (χ0n) is 20.0. The van der Waals surface area contributed by atoms with E-state index in [1.54, 1.807) is 37.3 Å². The van der Waals surface area contributed by atoms with Crippen LogP contribution in [0.4, 0.5) is 10.5 Å². The second kappa shape index (κ2) is 14.1. The quantitative estimate of drug-likeness (QED) is 0.169. The molecule has 37 heavy (non-hydrogen) atoms. The van der Waals surface area contributed by atoms with Crippen LogP contribution in [0.1, 0.15) is 30.4 Å². The molecule has 0 bridgehead atoms. The van der Waals surface area contributed by atoms with Crippen LogP contribution >= 0.6 is 0 Å². The molecule has 0 aliphatic carbocycles. The van der Waals surface area contributed by atoms with Crippen LogP contribution < -0.4 is 16.4 Å². The van der Waals surface area contributed by atoms with Gasteiger partial charge in [-0.05, 0) is 18.1 Å². The highest BCUT2D eigenvalue weighted by molar-refractivity contribution is 5.91. The van der Waals surface area contributed by atoms with E-state index in [4.69, 9.17) is 15.2 Å². The first kappa shape index (κ1) is 28.7. The second-order valence-electron chi connectivity index (χ2n) is 7.79. The number of nitrogens with one attached hydrogen (secondary N) is 2. The molecule has 0 heterocycles. The number of benzene rings is 2. The summed E-state index contributed by atoms with van der Waals surface area (Å²) in [6.45, 7) is 0.720. The Kier molecular flexibility index (Phi) is 11.0. The summed E-state index contributed by atoms with van der Waals surface area (Å²) < 4.78 is 9.99. The molecular weight excluding hydrogens is 488 g/mol. The van der Waals surface area contributed by atoms with Gasteiger partial charge < -0.3 is 30.9 Å². The predicted molar refractivity (Wildman–Crippen MR) is 129 cm³/mol. The van der Waals surface area contributed by atoms with Crippen molar-refractivity contribution in [2.24, 2.45) is 5.73 Å². The fraction of sp³-hybridized carbons (Fsp3) is 0.333. The fourth-order valence-electron chi connectivity index (χ4n) is 3.40. The number of rotatable bonds is 13.